The number of hydrogen-bond acceptors (Lipinski definition) is 6. The maximum Gasteiger partial charge on any atom is 0.306 e. The topological polar surface area (TPSA) is 78.9 Å². The minimum absolute atomic E-state index is 0.0650. The standard InChI is InChI=1S/C53H102O6/c1-47(2)39-33-27-21-15-12-10-8-7-9-11-13-17-24-30-36-42-51(54)57-45-50(59-53(56)44-38-32-26-20-19-23-29-35-41-49(5)6)46-58-52(55)43-37-31-25-18-14-16-22-28-34-40-48(3)4/h47-50H,7-46H2,1-6H3/t50-/m0/s1. The zero-order valence-corrected chi connectivity index (χ0v) is 40.5. The van der Waals surface area contributed by atoms with E-state index in [1.165, 1.54) is 167 Å². The molecule has 0 bridgehead atoms. The van der Waals surface area contributed by atoms with Crippen LogP contribution in [0.25, 0.3) is 0 Å². The summed E-state index contributed by atoms with van der Waals surface area (Å²) in [4.78, 5) is 37.9. The van der Waals surface area contributed by atoms with Gasteiger partial charge in [-0.1, -0.05) is 247 Å². The SMILES string of the molecule is CC(C)CCCCCCCCCCCCCCCCCC(=O)OC[C@@H](COC(=O)CCCCCCCCCCCC(C)C)OC(=O)CCCCCCCCCCC(C)C. The summed E-state index contributed by atoms with van der Waals surface area (Å²) in [6.07, 6.45) is 43.8. The van der Waals surface area contributed by atoms with Crippen LogP contribution in [-0.2, 0) is 28.6 Å². The van der Waals surface area contributed by atoms with Crippen molar-refractivity contribution in [1.29, 1.82) is 0 Å². The lowest BCUT2D eigenvalue weighted by molar-refractivity contribution is -0.167. The number of hydrogen-bond donors (Lipinski definition) is 0. The Labute approximate surface area is 368 Å². The monoisotopic (exact) mass is 835 g/mol. The molecule has 0 aromatic heterocycles. The first-order chi connectivity index (χ1) is 28.6. The zero-order chi connectivity index (χ0) is 43.4. The van der Waals surface area contributed by atoms with Gasteiger partial charge in [-0.05, 0) is 37.0 Å². The third-order valence-electron chi connectivity index (χ3n) is 11.9. The van der Waals surface area contributed by atoms with Crippen molar-refractivity contribution in [2.24, 2.45) is 17.8 Å². The van der Waals surface area contributed by atoms with Crippen LogP contribution in [0.3, 0.4) is 0 Å². The molecule has 0 amide bonds. The van der Waals surface area contributed by atoms with Crippen LogP contribution in [0.5, 0.6) is 0 Å². The molecule has 0 spiro atoms. The van der Waals surface area contributed by atoms with E-state index >= 15 is 0 Å². The largest absolute Gasteiger partial charge is 0.462 e. The third kappa shape index (κ3) is 47.3. The lowest BCUT2D eigenvalue weighted by Gasteiger charge is -2.18. The highest BCUT2D eigenvalue weighted by Crippen LogP contribution is 2.18. The summed E-state index contributed by atoms with van der Waals surface area (Å²) in [5.74, 6) is 1.60. The number of rotatable bonds is 46. The molecule has 350 valence electrons. The summed E-state index contributed by atoms with van der Waals surface area (Å²) in [6.45, 7) is 13.7. The highest BCUT2D eigenvalue weighted by Gasteiger charge is 2.19. The predicted molar refractivity (Wildman–Crippen MR) is 252 cm³/mol. The van der Waals surface area contributed by atoms with E-state index in [1.54, 1.807) is 0 Å². The quantitative estimate of drug-likeness (QED) is 0.0345. The zero-order valence-electron chi connectivity index (χ0n) is 40.5. The van der Waals surface area contributed by atoms with Crippen molar-refractivity contribution < 1.29 is 28.6 Å². The molecular formula is C53H102O6. The fourth-order valence-corrected chi connectivity index (χ4v) is 7.94. The molecule has 6 nitrogen and oxygen atoms in total. The number of ether oxygens (including phenoxy) is 3. The van der Waals surface area contributed by atoms with Gasteiger partial charge >= 0.3 is 17.9 Å². The van der Waals surface area contributed by atoms with Crippen LogP contribution < -0.4 is 0 Å². The van der Waals surface area contributed by atoms with Gasteiger partial charge in [-0.25, -0.2) is 0 Å². The molecule has 0 aromatic rings. The average molecular weight is 835 g/mol. The Balaban J connectivity index is 4.26. The van der Waals surface area contributed by atoms with E-state index in [4.69, 9.17) is 14.2 Å². The van der Waals surface area contributed by atoms with Crippen molar-refractivity contribution >= 4 is 17.9 Å². The lowest BCUT2D eigenvalue weighted by Crippen LogP contribution is -2.30. The first kappa shape index (κ1) is 57.4. The third-order valence-corrected chi connectivity index (χ3v) is 11.9. The lowest BCUT2D eigenvalue weighted by atomic mass is 10.0. The molecule has 0 rings (SSSR count). The highest BCUT2D eigenvalue weighted by atomic mass is 16.6. The second-order valence-corrected chi connectivity index (χ2v) is 19.6. The van der Waals surface area contributed by atoms with Gasteiger partial charge in [0.15, 0.2) is 6.10 Å². The molecule has 0 aliphatic carbocycles. The number of carbonyl (C=O) groups excluding carboxylic acids is 3. The molecule has 0 radical (unpaired) electrons. The first-order valence-corrected chi connectivity index (χ1v) is 26.1. The maximum atomic E-state index is 12.8. The summed E-state index contributed by atoms with van der Waals surface area (Å²) in [5.41, 5.74) is 0. The summed E-state index contributed by atoms with van der Waals surface area (Å²) in [6, 6.07) is 0. The number of esters is 3. The molecule has 0 saturated heterocycles. The van der Waals surface area contributed by atoms with Gasteiger partial charge in [0.2, 0.25) is 0 Å². The highest BCUT2D eigenvalue weighted by molar-refractivity contribution is 5.71. The van der Waals surface area contributed by atoms with Gasteiger partial charge in [0.1, 0.15) is 13.2 Å². The second kappa shape index (κ2) is 44.5. The summed E-state index contributed by atoms with van der Waals surface area (Å²) in [5, 5.41) is 0. The van der Waals surface area contributed by atoms with Gasteiger partial charge in [-0.2, -0.15) is 0 Å². The van der Waals surface area contributed by atoms with E-state index in [1.807, 2.05) is 0 Å². The van der Waals surface area contributed by atoms with Gasteiger partial charge in [-0.15, -0.1) is 0 Å². The molecule has 0 aliphatic rings. The van der Waals surface area contributed by atoms with E-state index in [-0.39, 0.29) is 31.1 Å². The fraction of sp³-hybridized carbons (Fsp3) is 0.943. The van der Waals surface area contributed by atoms with Crippen molar-refractivity contribution in [1.82, 2.24) is 0 Å². The maximum absolute atomic E-state index is 12.8. The predicted octanol–water partition coefficient (Wildman–Crippen LogP) is 16.8. The molecule has 0 fully saturated rings. The fourth-order valence-electron chi connectivity index (χ4n) is 7.94. The van der Waals surface area contributed by atoms with E-state index in [0.717, 1.165) is 75.5 Å². The van der Waals surface area contributed by atoms with Crippen LogP contribution >= 0.6 is 0 Å². The molecule has 0 aliphatic heterocycles. The molecular weight excluding hydrogens is 733 g/mol. The Morgan fingerprint density at radius 3 is 0.729 bits per heavy atom. The Morgan fingerprint density at radius 1 is 0.288 bits per heavy atom. The second-order valence-electron chi connectivity index (χ2n) is 19.6. The Hall–Kier alpha value is -1.59. The minimum Gasteiger partial charge on any atom is -0.462 e. The van der Waals surface area contributed by atoms with Gasteiger partial charge < -0.3 is 14.2 Å². The van der Waals surface area contributed by atoms with Crippen molar-refractivity contribution in [3.63, 3.8) is 0 Å². The Morgan fingerprint density at radius 2 is 0.492 bits per heavy atom. The smallest absolute Gasteiger partial charge is 0.306 e. The molecule has 6 heteroatoms. The van der Waals surface area contributed by atoms with Crippen molar-refractivity contribution in [2.45, 2.75) is 292 Å². The number of unbranched alkanes of at least 4 members (excludes halogenated alkanes) is 29. The van der Waals surface area contributed by atoms with Crippen molar-refractivity contribution in [3.8, 4) is 0 Å². The molecule has 0 saturated carbocycles. The van der Waals surface area contributed by atoms with Crippen molar-refractivity contribution in [3.05, 3.63) is 0 Å². The van der Waals surface area contributed by atoms with E-state index in [2.05, 4.69) is 41.5 Å². The average Bonchev–Trinajstić information content (AvgIpc) is 3.19. The molecule has 59 heavy (non-hydrogen) atoms. The van der Waals surface area contributed by atoms with Crippen LogP contribution in [0.4, 0.5) is 0 Å². The van der Waals surface area contributed by atoms with Crippen LogP contribution in [0, 0.1) is 17.8 Å². The summed E-state index contributed by atoms with van der Waals surface area (Å²) < 4.78 is 16.8. The Kier molecular flexibility index (Phi) is 43.3. The first-order valence-electron chi connectivity index (χ1n) is 26.1. The van der Waals surface area contributed by atoms with Crippen LogP contribution in [0.1, 0.15) is 286 Å². The van der Waals surface area contributed by atoms with Gasteiger partial charge in [-0.3, -0.25) is 14.4 Å². The summed E-state index contributed by atoms with van der Waals surface area (Å²) >= 11 is 0. The molecule has 0 aromatic carbocycles. The summed E-state index contributed by atoms with van der Waals surface area (Å²) in [7, 11) is 0. The molecule has 1 atom stereocenters. The number of carbonyl (C=O) groups is 3. The molecule has 0 heterocycles. The van der Waals surface area contributed by atoms with Gasteiger partial charge in [0.05, 0.1) is 0 Å². The van der Waals surface area contributed by atoms with Gasteiger partial charge in [0.25, 0.3) is 0 Å². The van der Waals surface area contributed by atoms with E-state index in [0.29, 0.717) is 19.3 Å². The molecule has 0 N–H and O–H groups in total. The van der Waals surface area contributed by atoms with Crippen LogP contribution in [-0.4, -0.2) is 37.2 Å². The van der Waals surface area contributed by atoms with Crippen LogP contribution in [0.2, 0.25) is 0 Å². The molecule has 0 unspecified atom stereocenters. The van der Waals surface area contributed by atoms with Crippen molar-refractivity contribution in [2.75, 3.05) is 13.2 Å². The Bertz CT molecular complexity index is 914. The van der Waals surface area contributed by atoms with Crippen LogP contribution in [0.15, 0.2) is 0 Å². The van der Waals surface area contributed by atoms with E-state index in [9.17, 15) is 14.4 Å². The van der Waals surface area contributed by atoms with E-state index < -0.39 is 6.10 Å². The van der Waals surface area contributed by atoms with Gasteiger partial charge in [0, 0.05) is 19.3 Å². The minimum atomic E-state index is -0.763. The normalized spacial score (nSPS) is 12.2.